The van der Waals surface area contributed by atoms with E-state index in [1.54, 1.807) is 7.11 Å². The van der Waals surface area contributed by atoms with Crippen LogP contribution in [-0.4, -0.2) is 32.5 Å². The van der Waals surface area contributed by atoms with Crippen LogP contribution in [0.3, 0.4) is 0 Å². The minimum atomic E-state index is -0.0933. The van der Waals surface area contributed by atoms with Crippen LogP contribution in [0.1, 0.15) is 25.8 Å². The molecule has 0 radical (unpaired) electrons. The first-order valence-corrected chi connectivity index (χ1v) is 6.47. The largest absolute Gasteiger partial charge is 0.383 e. The quantitative estimate of drug-likeness (QED) is 0.719. The predicted octanol–water partition coefficient (Wildman–Crippen LogP) is 3.24. The van der Waals surface area contributed by atoms with Gasteiger partial charge in [-0.25, -0.2) is 0 Å². The van der Waals surface area contributed by atoms with Crippen molar-refractivity contribution in [3.63, 3.8) is 0 Å². The van der Waals surface area contributed by atoms with E-state index in [2.05, 4.69) is 50.4 Å². The topological polar surface area (TPSA) is 30.5 Å². The summed E-state index contributed by atoms with van der Waals surface area (Å²) in [5.74, 6) is 0. The zero-order valence-electron chi connectivity index (χ0n) is 12.0. The fraction of sp³-hybridized carbons (Fsp3) is 0.600. The van der Waals surface area contributed by atoms with E-state index in [1.807, 2.05) is 0 Å². The molecule has 3 heteroatoms. The summed E-state index contributed by atoms with van der Waals surface area (Å²) in [5, 5.41) is 3.34. The third-order valence-corrected chi connectivity index (χ3v) is 2.99. The van der Waals surface area contributed by atoms with Crippen molar-refractivity contribution in [1.82, 2.24) is 0 Å². The Hall–Kier alpha value is -1.06. The molecule has 1 N–H and O–H groups in total. The maximum absolute atomic E-state index is 5.58. The van der Waals surface area contributed by atoms with E-state index in [1.165, 1.54) is 5.56 Å². The average Bonchev–Trinajstić information content (AvgIpc) is 2.34. The Kier molecular flexibility index (Phi) is 6.16. The van der Waals surface area contributed by atoms with E-state index in [0.717, 1.165) is 25.3 Å². The molecule has 1 aromatic rings. The zero-order chi connectivity index (χ0) is 13.4. The first kappa shape index (κ1) is 15.0. The molecule has 1 rings (SSSR count). The van der Waals surface area contributed by atoms with Crippen LogP contribution in [-0.2, 0) is 9.47 Å². The van der Waals surface area contributed by atoms with E-state index >= 15 is 0 Å². The Labute approximate surface area is 110 Å². The molecular formula is C15H25NO2. The molecule has 0 spiro atoms. The van der Waals surface area contributed by atoms with E-state index in [9.17, 15) is 0 Å². The molecule has 0 aliphatic heterocycles. The maximum Gasteiger partial charge on any atom is 0.0644 e. The van der Waals surface area contributed by atoms with Gasteiger partial charge in [-0.1, -0.05) is 12.1 Å². The SMILES string of the molecule is COC(C)(C)CCOCCNc1cccc(C)c1. The van der Waals surface area contributed by atoms with E-state index in [4.69, 9.17) is 9.47 Å². The molecule has 0 atom stereocenters. The highest BCUT2D eigenvalue weighted by atomic mass is 16.5. The number of nitrogens with one attached hydrogen (secondary N) is 1. The Morgan fingerprint density at radius 2 is 2.00 bits per heavy atom. The second-order valence-electron chi connectivity index (χ2n) is 5.12. The zero-order valence-corrected chi connectivity index (χ0v) is 12.0. The number of anilines is 1. The lowest BCUT2D eigenvalue weighted by Crippen LogP contribution is -2.25. The monoisotopic (exact) mass is 251 g/mol. The van der Waals surface area contributed by atoms with Crippen molar-refractivity contribution in [3.05, 3.63) is 29.8 Å². The van der Waals surface area contributed by atoms with Crippen LogP contribution in [0.4, 0.5) is 5.69 Å². The Morgan fingerprint density at radius 1 is 1.22 bits per heavy atom. The first-order valence-electron chi connectivity index (χ1n) is 6.47. The van der Waals surface area contributed by atoms with Crippen LogP contribution in [0, 0.1) is 6.92 Å². The van der Waals surface area contributed by atoms with Crippen molar-refractivity contribution >= 4 is 5.69 Å². The van der Waals surface area contributed by atoms with Gasteiger partial charge in [-0.3, -0.25) is 0 Å². The molecule has 0 saturated heterocycles. The van der Waals surface area contributed by atoms with Gasteiger partial charge in [0, 0.05) is 25.9 Å². The van der Waals surface area contributed by atoms with Gasteiger partial charge in [-0.15, -0.1) is 0 Å². The molecule has 0 saturated carbocycles. The molecule has 0 amide bonds. The van der Waals surface area contributed by atoms with Gasteiger partial charge in [-0.05, 0) is 44.9 Å². The highest BCUT2D eigenvalue weighted by Gasteiger charge is 2.15. The summed E-state index contributed by atoms with van der Waals surface area (Å²) in [7, 11) is 1.74. The second-order valence-corrected chi connectivity index (χ2v) is 5.12. The van der Waals surface area contributed by atoms with E-state index in [-0.39, 0.29) is 5.60 Å². The number of methoxy groups -OCH3 is 1. The fourth-order valence-electron chi connectivity index (χ4n) is 1.54. The van der Waals surface area contributed by atoms with Crippen molar-refractivity contribution in [3.8, 4) is 0 Å². The molecule has 1 aromatic carbocycles. The van der Waals surface area contributed by atoms with Gasteiger partial charge in [0.15, 0.2) is 0 Å². The van der Waals surface area contributed by atoms with Gasteiger partial charge in [0.2, 0.25) is 0 Å². The van der Waals surface area contributed by atoms with Crippen molar-refractivity contribution < 1.29 is 9.47 Å². The molecule has 3 nitrogen and oxygen atoms in total. The normalized spacial score (nSPS) is 11.6. The molecule has 0 aliphatic carbocycles. The van der Waals surface area contributed by atoms with Crippen molar-refractivity contribution in [1.29, 1.82) is 0 Å². The maximum atomic E-state index is 5.58. The average molecular weight is 251 g/mol. The van der Waals surface area contributed by atoms with Gasteiger partial charge < -0.3 is 14.8 Å². The minimum absolute atomic E-state index is 0.0933. The van der Waals surface area contributed by atoms with Crippen LogP contribution in [0.15, 0.2) is 24.3 Å². The third kappa shape index (κ3) is 6.03. The highest BCUT2D eigenvalue weighted by Crippen LogP contribution is 2.12. The lowest BCUT2D eigenvalue weighted by Gasteiger charge is -2.22. The van der Waals surface area contributed by atoms with Crippen LogP contribution >= 0.6 is 0 Å². The number of hydrogen-bond donors (Lipinski definition) is 1. The van der Waals surface area contributed by atoms with Gasteiger partial charge in [0.25, 0.3) is 0 Å². The molecule has 0 heterocycles. The molecular weight excluding hydrogens is 226 g/mol. The van der Waals surface area contributed by atoms with Crippen molar-refractivity contribution in [2.24, 2.45) is 0 Å². The summed E-state index contributed by atoms with van der Waals surface area (Å²) in [5.41, 5.74) is 2.32. The smallest absolute Gasteiger partial charge is 0.0644 e. The Morgan fingerprint density at radius 3 is 2.67 bits per heavy atom. The first-order chi connectivity index (χ1) is 8.53. The molecule has 0 aromatic heterocycles. The highest BCUT2D eigenvalue weighted by molar-refractivity contribution is 5.45. The Bertz CT molecular complexity index is 350. The van der Waals surface area contributed by atoms with Crippen LogP contribution in [0.2, 0.25) is 0 Å². The summed E-state index contributed by atoms with van der Waals surface area (Å²) in [4.78, 5) is 0. The van der Waals surface area contributed by atoms with Crippen LogP contribution < -0.4 is 5.32 Å². The Balaban J connectivity index is 2.09. The lowest BCUT2D eigenvalue weighted by atomic mass is 10.1. The number of aryl methyl sites for hydroxylation is 1. The summed E-state index contributed by atoms with van der Waals surface area (Å²) in [6.07, 6.45) is 0.911. The number of hydrogen-bond acceptors (Lipinski definition) is 3. The molecule has 0 unspecified atom stereocenters. The van der Waals surface area contributed by atoms with Crippen LogP contribution in [0.25, 0.3) is 0 Å². The third-order valence-electron chi connectivity index (χ3n) is 2.99. The van der Waals surface area contributed by atoms with Gasteiger partial charge >= 0.3 is 0 Å². The number of benzene rings is 1. The molecule has 0 bridgehead atoms. The standard InChI is InChI=1S/C15H25NO2/c1-13-6-5-7-14(12-13)16-9-11-18-10-8-15(2,3)17-4/h5-7,12,16H,8-11H2,1-4H3. The molecule has 0 fully saturated rings. The van der Waals surface area contributed by atoms with Gasteiger partial charge in [-0.2, -0.15) is 0 Å². The summed E-state index contributed by atoms with van der Waals surface area (Å²) in [6.45, 7) is 8.51. The molecule has 102 valence electrons. The van der Waals surface area contributed by atoms with Gasteiger partial charge in [0.1, 0.15) is 0 Å². The molecule has 18 heavy (non-hydrogen) atoms. The van der Waals surface area contributed by atoms with E-state index in [0.29, 0.717) is 6.61 Å². The van der Waals surface area contributed by atoms with E-state index < -0.39 is 0 Å². The second kappa shape index (κ2) is 7.39. The van der Waals surface area contributed by atoms with Crippen molar-refractivity contribution in [2.75, 3.05) is 32.2 Å². The summed E-state index contributed by atoms with van der Waals surface area (Å²) in [6, 6.07) is 8.35. The predicted molar refractivity (Wildman–Crippen MR) is 76.2 cm³/mol. The van der Waals surface area contributed by atoms with Gasteiger partial charge in [0.05, 0.1) is 12.2 Å². The number of rotatable bonds is 8. The summed E-state index contributed by atoms with van der Waals surface area (Å²) < 4.78 is 10.9. The summed E-state index contributed by atoms with van der Waals surface area (Å²) >= 11 is 0. The van der Waals surface area contributed by atoms with Crippen molar-refractivity contribution in [2.45, 2.75) is 32.8 Å². The lowest BCUT2D eigenvalue weighted by molar-refractivity contribution is -0.00856. The fourth-order valence-corrected chi connectivity index (χ4v) is 1.54. The molecule has 0 aliphatic rings. The number of ether oxygens (including phenoxy) is 2. The minimum Gasteiger partial charge on any atom is -0.383 e. The van der Waals surface area contributed by atoms with Crippen LogP contribution in [0.5, 0.6) is 0 Å².